The third-order valence-electron chi connectivity index (χ3n) is 3.76. The van der Waals surface area contributed by atoms with Gasteiger partial charge in [0, 0.05) is 20.1 Å². The van der Waals surface area contributed by atoms with Gasteiger partial charge in [-0.1, -0.05) is 18.2 Å². The van der Waals surface area contributed by atoms with E-state index >= 15 is 0 Å². The number of rotatable bonds is 3. The fraction of sp³-hybridized carbons (Fsp3) is 0.312. The van der Waals surface area contributed by atoms with Gasteiger partial charge >= 0.3 is 6.03 Å². The quantitative estimate of drug-likeness (QED) is 0.941. The van der Waals surface area contributed by atoms with Gasteiger partial charge in [0.25, 0.3) is 0 Å². The van der Waals surface area contributed by atoms with Crippen LogP contribution in [0.3, 0.4) is 0 Å². The number of amides is 2. The van der Waals surface area contributed by atoms with E-state index in [-0.39, 0.29) is 11.8 Å². The Bertz CT molecular complexity index is 722. The van der Waals surface area contributed by atoms with Crippen LogP contribution in [-0.4, -0.2) is 38.8 Å². The smallest absolute Gasteiger partial charge is 0.318 e. The summed E-state index contributed by atoms with van der Waals surface area (Å²) < 4.78 is 14.6. The number of carbonyl (C=O) groups is 1. The molecule has 2 amide bonds. The minimum Gasteiger partial charge on any atom is -0.331 e. The van der Waals surface area contributed by atoms with Crippen molar-refractivity contribution in [2.45, 2.75) is 13.0 Å². The Hall–Kier alpha value is -2.70. The number of nitrogens with zero attached hydrogens (tertiary/aromatic N) is 4. The van der Waals surface area contributed by atoms with Gasteiger partial charge in [-0.15, -0.1) is 0 Å². The molecule has 0 spiro atoms. The molecule has 2 aromatic rings. The van der Waals surface area contributed by atoms with Crippen LogP contribution in [0.2, 0.25) is 0 Å². The number of aromatic nitrogens is 3. The topological polar surface area (TPSA) is 63.1 Å². The number of nitrogens with one attached hydrogen (secondary N) is 1. The minimum atomic E-state index is -0.241. The maximum Gasteiger partial charge on any atom is 0.318 e. The molecule has 0 atom stereocenters. The Balaban J connectivity index is 1.55. The molecular formula is C16H18FN5O. The summed E-state index contributed by atoms with van der Waals surface area (Å²) >= 11 is 0. The highest BCUT2D eigenvalue weighted by atomic mass is 19.1. The number of urea groups is 1. The second kappa shape index (κ2) is 6.60. The number of hydrogen-bond acceptors (Lipinski definition) is 3. The summed E-state index contributed by atoms with van der Waals surface area (Å²) in [5.41, 5.74) is 2.14. The molecule has 0 fully saturated rings. The summed E-state index contributed by atoms with van der Waals surface area (Å²) in [5.74, 6) is 0.342. The van der Waals surface area contributed by atoms with Crippen molar-refractivity contribution in [1.29, 1.82) is 0 Å². The van der Waals surface area contributed by atoms with E-state index in [0.717, 1.165) is 17.6 Å². The molecule has 120 valence electrons. The normalized spacial score (nSPS) is 14.5. The van der Waals surface area contributed by atoms with E-state index in [2.05, 4.69) is 15.4 Å². The zero-order valence-electron chi connectivity index (χ0n) is 12.9. The van der Waals surface area contributed by atoms with E-state index in [9.17, 15) is 9.18 Å². The second-order valence-electron chi connectivity index (χ2n) is 5.43. The Morgan fingerprint density at radius 1 is 1.35 bits per heavy atom. The molecule has 0 bridgehead atoms. The maximum atomic E-state index is 13.0. The molecule has 1 aliphatic heterocycles. The molecule has 1 aliphatic rings. The van der Waals surface area contributed by atoms with Crippen LogP contribution in [-0.2, 0) is 13.6 Å². The summed E-state index contributed by atoms with van der Waals surface area (Å²) in [6.45, 7) is 1.48. The molecule has 1 N–H and O–H groups in total. The van der Waals surface area contributed by atoms with E-state index in [4.69, 9.17) is 0 Å². The molecule has 6 nitrogen and oxygen atoms in total. The fourth-order valence-electron chi connectivity index (χ4n) is 2.51. The van der Waals surface area contributed by atoms with Gasteiger partial charge in [-0.2, -0.15) is 5.10 Å². The summed E-state index contributed by atoms with van der Waals surface area (Å²) in [7, 11) is 1.78. The van der Waals surface area contributed by atoms with Crippen LogP contribution >= 0.6 is 0 Å². The van der Waals surface area contributed by atoms with Gasteiger partial charge in [-0.25, -0.2) is 14.2 Å². The molecule has 0 saturated carbocycles. The first-order valence-electron chi connectivity index (χ1n) is 7.44. The number of carbonyl (C=O) groups excluding carboxylic acids is 1. The van der Waals surface area contributed by atoms with E-state index in [1.165, 1.54) is 12.1 Å². The SMILES string of the molecule is Cn1cnc(CNC(=O)N2CC=C(c3ccc(F)cc3)CC2)n1. The van der Waals surface area contributed by atoms with Crippen LogP contribution < -0.4 is 5.32 Å². The molecule has 1 aromatic heterocycles. The van der Waals surface area contributed by atoms with Crippen molar-refractivity contribution in [2.75, 3.05) is 13.1 Å². The average Bonchev–Trinajstić information content (AvgIpc) is 2.99. The average molecular weight is 315 g/mol. The highest BCUT2D eigenvalue weighted by molar-refractivity contribution is 5.76. The van der Waals surface area contributed by atoms with E-state index < -0.39 is 0 Å². The first-order valence-corrected chi connectivity index (χ1v) is 7.44. The number of halogens is 1. The summed E-state index contributed by atoms with van der Waals surface area (Å²) in [5, 5.41) is 6.93. The summed E-state index contributed by atoms with van der Waals surface area (Å²) in [6, 6.07) is 6.31. The molecule has 0 saturated heterocycles. The summed E-state index contributed by atoms with van der Waals surface area (Å²) in [6.07, 6.45) is 4.36. The zero-order chi connectivity index (χ0) is 16.2. The van der Waals surface area contributed by atoms with Crippen molar-refractivity contribution in [2.24, 2.45) is 7.05 Å². The molecule has 23 heavy (non-hydrogen) atoms. The van der Waals surface area contributed by atoms with Gasteiger partial charge in [-0.3, -0.25) is 4.68 Å². The van der Waals surface area contributed by atoms with Crippen molar-refractivity contribution in [3.8, 4) is 0 Å². The molecular weight excluding hydrogens is 297 g/mol. The monoisotopic (exact) mass is 315 g/mol. The van der Waals surface area contributed by atoms with E-state index in [1.54, 1.807) is 35.1 Å². The first kappa shape index (κ1) is 15.2. The first-order chi connectivity index (χ1) is 11.1. The maximum absolute atomic E-state index is 13.0. The van der Waals surface area contributed by atoms with Gasteiger partial charge in [0.15, 0.2) is 5.82 Å². The minimum absolute atomic E-state index is 0.133. The van der Waals surface area contributed by atoms with Crippen molar-refractivity contribution >= 4 is 11.6 Å². The Morgan fingerprint density at radius 3 is 2.74 bits per heavy atom. The van der Waals surface area contributed by atoms with Crippen LogP contribution in [0.25, 0.3) is 5.57 Å². The van der Waals surface area contributed by atoms with Crippen LogP contribution in [0.15, 0.2) is 36.7 Å². The van der Waals surface area contributed by atoms with Crippen LogP contribution in [0.4, 0.5) is 9.18 Å². The molecule has 7 heteroatoms. The lowest BCUT2D eigenvalue weighted by molar-refractivity contribution is 0.202. The third-order valence-corrected chi connectivity index (χ3v) is 3.76. The van der Waals surface area contributed by atoms with Crippen LogP contribution in [0.5, 0.6) is 0 Å². The van der Waals surface area contributed by atoms with Crippen molar-refractivity contribution < 1.29 is 9.18 Å². The van der Waals surface area contributed by atoms with Gasteiger partial charge in [0.2, 0.25) is 0 Å². The fourth-order valence-corrected chi connectivity index (χ4v) is 2.51. The standard InChI is InChI=1S/C16H18FN5O/c1-21-11-19-15(20-21)10-18-16(23)22-8-6-13(7-9-22)12-2-4-14(17)5-3-12/h2-6,11H,7-10H2,1H3,(H,18,23). The molecule has 2 heterocycles. The Kier molecular flexibility index (Phi) is 4.36. The highest BCUT2D eigenvalue weighted by Crippen LogP contribution is 2.22. The highest BCUT2D eigenvalue weighted by Gasteiger charge is 2.18. The number of hydrogen-bond donors (Lipinski definition) is 1. The number of aryl methyl sites for hydroxylation is 1. The largest absolute Gasteiger partial charge is 0.331 e. The lowest BCUT2D eigenvalue weighted by Gasteiger charge is -2.26. The molecule has 1 aromatic carbocycles. The Morgan fingerprint density at radius 2 is 2.13 bits per heavy atom. The van der Waals surface area contributed by atoms with E-state index in [1.807, 2.05) is 6.08 Å². The third kappa shape index (κ3) is 3.74. The molecule has 0 radical (unpaired) electrons. The lowest BCUT2D eigenvalue weighted by atomic mass is 10.00. The Labute approximate surface area is 133 Å². The van der Waals surface area contributed by atoms with E-state index in [0.29, 0.717) is 25.5 Å². The van der Waals surface area contributed by atoms with Crippen LogP contribution in [0.1, 0.15) is 17.8 Å². The van der Waals surface area contributed by atoms with Gasteiger partial charge < -0.3 is 10.2 Å². The number of benzene rings is 1. The van der Waals surface area contributed by atoms with Crippen molar-refractivity contribution in [1.82, 2.24) is 25.0 Å². The second-order valence-corrected chi connectivity index (χ2v) is 5.43. The predicted octanol–water partition coefficient (Wildman–Crippen LogP) is 1.95. The zero-order valence-corrected chi connectivity index (χ0v) is 12.9. The van der Waals surface area contributed by atoms with Gasteiger partial charge in [-0.05, 0) is 29.7 Å². The predicted molar refractivity (Wildman–Crippen MR) is 83.8 cm³/mol. The summed E-state index contributed by atoms with van der Waals surface area (Å²) in [4.78, 5) is 17.9. The molecule has 3 rings (SSSR count). The van der Waals surface area contributed by atoms with Gasteiger partial charge in [0.05, 0.1) is 6.54 Å². The van der Waals surface area contributed by atoms with Crippen LogP contribution in [0, 0.1) is 5.82 Å². The lowest BCUT2D eigenvalue weighted by Crippen LogP contribution is -2.41. The molecule has 0 unspecified atom stereocenters. The van der Waals surface area contributed by atoms with Crippen molar-refractivity contribution in [3.63, 3.8) is 0 Å². The molecule has 0 aliphatic carbocycles. The van der Waals surface area contributed by atoms with Gasteiger partial charge in [0.1, 0.15) is 12.1 Å². The van der Waals surface area contributed by atoms with Crippen molar-refractivity contribution in [3.05, 3.63) is 53.9 Å².